The molecule has 2 aromatic rings. The summed E-state index contributed by atoms with van der Waals surface area (Å²) in [5, 5.41) is 7.14. The Hall–Kier alpha value is -2.58. The van der Waals surface area contributed by atoms with Gasteiger partial charge in [0.05, 0.1) is 0 Å². The maximum Gasteiger partial charge on any atom is 0.224 e. The van der Waals surface area contributed by atoms with Crippen LogP contribution in [0.1, 0.15) is 44.1 Å². The van der Waals surface area contributed by atoms with E-state index in [1.165, 1.54) is 25.7 Å². The average molecular weight is 392 g/mol. The van der Waals surface area contributed by atoms with Crippen LogP contribution < -0.4 is 15.5 Å². The molecule has 0 bridgehead atoms. The fourth-order valence-electron chi connectivity index (χ4n) is 3.66. The molecule has 3 rings (SSSR count). The predicted octanol–water partition coefficient (Wildman–Crippen LogP) is 3.93. The van der Waals surface area contributed by atoms with Crippen LogP contribution in [0.4, 0.5) is 11.8 Å². The van der Waals surface area contributed by atoms with Crippen LogP contribution >= 0.6 is 0 Å². The molecule has 0 unspecified atom stereocenters. The second-order valence-electron chi connectivity index (χ2n) is 7.97. The molecule has 0 amide bonds. The smallest absolute Gasteiger partial charge is 0.224 e. The van der Waals surface area contributed by atoms with Crippen molar-refractivity contribution in [1.29, 1.82) is 0 Å². The van der Waals surface area contributed by atoms with Crippen molar-refractivity contribution in [2.75, 3.05) is 37.4 Å². The van der Waals surface area contributed by atoms with Crippen LogP contribution in [-0.2, 0) is 0 Å². The molecule has 1 aromatic carbocycles. The van der Waals surface area contributed by atoms with E-state index in [0.29, 0.717) is 6.04 Å². The van der Waals surface area contributed by atoms with Crippen LogP contribution in [0, 0.1) is 17.8 Å². The van der Waals surface area contributed by atoms with E-state index in [2.05, 4.69) is 44.6 Å². The highest BCUT2D eigenvalue weighted by Gasteiger charge is 2.21. The molecule has 0 atom stereocenters. The van der Waals surface area contributed by atoms with Gasteiger partial charge < -0.3 is 15.5 Å². The second kappa shape index (κ2) is 11.4. The van der Waals surface area contributed by atoms with Crippen LogP contribution in [0.25, 0.3) is 0 Å². The lowest BCUT2D eigenvalue weighted by Crippen LogP contribution is -2.32. The van der Waals surface area contributed by atoms with E-state index in [-0.39, 0.29) is 0 Å². The minimum absolute atomic E-state index is 0.483. The number of hydrogen-bond acceptors (Lipinski definition) is 5. The summed E-state index contributed by atoms with van der Waals surface area (Å²) in [7, 11) is 4.00. The number of rotatable bonds is 8. The van der Waals surface area contributed by atoms with E-state index in [1.807, 2.05) is 49.5 Å². The number of hydrogen-bond donors (Lipinski definition) is 2. The van der Waals surface area contributed by atoms with E-state index >= 15 is 0 Å². The Morgan fingerprint density at radius 3 is 2.62 bits per heavy atom. The van der Waals surface area contributed by atoms with E-state index in [0.717, 1.165) is 49.2 Å². The maximum absolute atomic E-state index is 4.57. The molecule has 5 heteroatoms. The molecular formula is C24H33N5. The van der Waals surface area contributed by atoms with Gasteiger partial charge in [-0.1, -0.05) is 30.0 Å². The first-order valence-corrected chi connectivity index (χ1v) is 10.7. The molecule has 0 aliphatic heterocycles. The lowest BCUT2D eigenvalue weighted by molar-refractivity contribution is 0.324. The monoisotopic (exact) mass is 391 g/mol. The summed E-state index contributed by atoms with van der Waals surface area (Å²) >= 11 is 0. The van der Waals surface area contributed by atoms with E-state index < -0.39 is 0 Å². The predicted molar refractivity (Wildman–Crippen MR) is 121 cm³/mol. The lowest BCUT2D eigenvalue weighted by atomic mass is 9.86. The van der Waals surface area contributed by atoms with Gasteiger partial charge >= 0.3 is 0 Å². The maximum atomic E-state index is 4.57. The summed E-state index contributed by atoms with van der Waals surface area (Å²) in [6.07, 6.45) is 8.76. The van der Waals surface area contributed by atoms with E-state index in [9.17, 15) is 0 Å². The third-order valence-electron chi connectivity index (χ3n) is 5.37. The van der Waals surface area contributed by atoms with Crippen molar-refractivity contribution in [2.24, 2.45) is 5.92 Å². The zero-order chi connectivity index (χ0) is 20.3. The Bertz CT molecular complexity index is 786. The van der Waals surface area contributed by atoms with E-state index in [4.69, 9.17) is 0 Å². The summed E-state index contributed by atoms with van der Waals surface area (Å²) in [5.74, 6) is 8.95. The number of unbranched alkanes of at least 4 members (excludes halogenated alkanes) is 1. The SMILES string of the molecule is CN(C)c1ccnc(NC2CCC(CNCCCC#Cc3ccccc3)CC2)n1. The van der Waals surface area contributed by atoms with Crippen molar-refractivity contribution in [3.63, 3.8) is 0 Å². The molecule has 1 heterocycles. The van der Waals surface area contributed by atoms with Gasteiger partial charge in [0.15, 0.2) is 0 Å². The summed E-state index contributed by atoms with van der Waals surface area (Å²) in [5.41, 5.74) is 1.10. The zero-order valence-corrected chi connectivity index (χ0v) is 17.7. The van der Waals surface area contributed by atoms with Crippen LogP contribution in [0.2, 0.25) is 0 Å². The minimum atomic E-state index is 0.483. The zero-order valence-electron chi connectivity index (χ0n) is 17.7. The summed E-state index contributed by atoms with van der Waals surface area (Å²) in [6, 6.07) is 12.6. The van der Waals surface area contributed by atoms with Crippen molar-refractivity contribution in [3.8, 4) is 11.8 Å². The van der Waals surface area contributed by atoms with Gasteiger partial charge in [-0.25, -0.2) is 4.98 Å². The molecule has 1 aliphatic carbocycles. The Morgan fingerprint density at radius 1 is 1.07 bits per heavy atom. The third kappa shape index (κ3) is 7.40. The standard InChI is InChI=1S/C24H33N5/c1-29(2)23-16-18-26-24(28-23)27-22-14-12-21(13-15-22)19-25-17-8-4-7-11-20-9-5-3-6-10-20/h3,5-6,9-10,16,18,21-22,25H,4,8,12-15,17,19H2,1-2H3,(H,26,27,28). The van der Waals surface area contributed by atoms with Crippen molar-refractivity contribution >= 4 is 11.8 Å². The van der Waals surface area contributed by atoms with Gasteiger partial charge in [0, 0.05) is 38.3 Å². The Labute approximate surface area is 175 Å². The van der Waals surface area contributed by atoms with Crippen LogP contribution in [-0.4, -0.2) is 43.2 Å². The van der Waals surface area contributed by atoms with Crippen LogP contribution in [0.5, 0.6) is 0 Å². The largest absolute Gasteiger partial charge is 0.363 e. The molecule has 2 N–H and O–H groups in total. The molecule has 29 heavy (non-hydrogen) atoms. The fraction of sp³-hybridized carbons (Fsp3) is 0.500. The van der Waals surface area contributed by atoms with Gasteiger partial charge in [-0.15, -0.1) is 0 Å². The van der Waals surface area contributed by atoms with Gasteiger partial charge in [-0.05, 0) is 69.3 Å². The highest BCUT2D eigenvalue weighted by atomic mass is 15.2. The highest BCUT2D eigenvalue weighted by Crippen LogP contribution is 2.25. The van der Waals surface area contributed by atoms with Crippen molar-refractivity contribution in [2.45, 2.75) is 44.6 Å². The third-order valence-corrected chi connectivity index (χ3v) is 5.37. The lowest BCUT2D eigenvalue weighted by Gasteiger charge is -2.29. The molecule has 154 valence electrons. The number of nitrogens with one attached hydrogen (secondary N) is 2. The van der Waals surface area contributed by atoms with Gasteiger partial charge in [0.25, 0.3) is 0 Å². The van der Waals surface area contributed by atoms with Crippen LogP contribution in [0.3, 0.4) is 0 Å². The fourth-order valence-corrected chi connectivity index (χ4v) is 3.66. The molecule has 0 spiro atoms. The molecule has 0 saturated heterocycles. The molecule has 1 aromatic heterocycles. The summed E-state index contributed by atoms with van der Waals surface area (Å²) in [6.45, 7) is 2.16. The summed E-state index contributed by atoms with van der Waals surface area (Å²) < 4.78 is 0. The molecule has 1 fully saturated rings. The molecular weight excluding hydrogens is 358 g/mol. The average Bonchev–Trinajstić information content (AvgIpc) is 2.75. The normalized spacial score (nSPS) is 18.6. The minimum Gasteiger partial charge on any atom is -0.363 e. The Kier molecular flexibility index (Phi) is 8.33. The van der Waals surface area contributed by atoms with Crippen LogP contribution in [0.15, 0.2) is 42.6 Å². The first kappa shape index (κ1) is 21.1. The topological polar surface area (TPSA) is 53.1 Å². The van der Waals surface area contributed by atoms with Gasteiger partial charge in [0.1, 0.15) is 5.82 Å². The highest BCUT2D eigenvalue weighted by molar-refractivity contribution is 5.41. The summed E-state index contributed by atoms with van der Waals surface area (Å²) in [4.78, 5) is 10.9. The van der Waals surface area contributed by atoms with E-state index in [1.54, 1.807) is 0 Å². The number of anilines is 2. The van der Waals surface area contributed by atoms with Crippen molar-refractivity contribution < 1.29 is 0 Å². The Balaban J connectivity index is 1.27. The number of nitrogens with zero attached hydrogens (tertiary/aromatic N) is 3. The molecule has 0 radical (unpaired) electrons. The van der Waals surface area contributed by atoms with Gasteiger partial charge in [0.2, 0.25) is 5.95 Å². The molecule has 1 saturated carbocycles. The first-order valence-electron chi connectivity index (χ1n) is 10.7. The number of benzene rings is 1. The quantitative estimate of drug-likeness (QED) is 0.527. The second-order valence-corrected chi connectivity index (χ2v) is 7.97. The van der Waals surface area contributed by atoms with Gasteiger partial charge in [-0.3, -0.25) is 0 Å². The Morgan fingerprint density at radius 2 is 1.86 bits per heavy atom. The molecule has 5 nitrogen and oxygen atoms in total. The van der Waals surface area contributed by atoms with Crippen molar-refractivity contribution in [1.82, 2.24) is 15.3 Å². The van der Waals surface area contributed by atoms with Gasteiger partial charge in [-0.2, -0.15) is 4.98 Å². The van der Waals surface area contributed by atoms with Crippen molar-refractivity contribution in [3.05, 3.63) is 48.2 Å². The number of aromatic nitrogens is 2. The first-order chi connectivity index (χ1) is 14.2. The molecule has 1 aliphatic rings.